The molecule has 0 aliphatic heterocycles. The molecule has 0 aliphatic carbocycles. The van der Waals surface area contributed by atoms with E-state index in [0.29, 0.717) is 5.69 Å². The topological polar surface area (TPSA) is 73.6 Å². The van der Waals surface area contributed by atoms with Crippen molar-refractivity contribution >= 4 is 5.97 Å². The van der Waals surface area contributed by atoms with E-state index in [2.05, 4.69) is 5.10 Å². The van der Waals surface area contributed by atoms with Crippen LogP contribution in [-0.2, 0) is 11.3 Å². The lowest BCUT2D eigenvalue weighted by Crippen LogP contribution is -2.11. The molecule has 3 aromatic rings. The number of carbonyl (C=O) groups is 1. The summed E-state index contributed by atoms with van der Waals surface area (Å²) in [6.45, 7) is -0.211. The second-order valence-corrected chi connectivity index (χ2v) is 5.42. The molecular formula is C19H18N2O4. The molecule has 0 radical (unpaired) electrons. The van der Waals surface area contributed by atoms with Gasteiger partial charge in [0.05, 0.1) is 25.6 Å². The zero-order valence-electron chi connectivity index (χ0n) is 14.0. The molecule has 0 bridgehead atoms. The Balaban J connectivity index is 2.02. The van der Waals surface area contributed by atoms with Gasteiger partial charge < -0.3 is 14.6 Å². The standard InChI is InChI=1S/C19H18N2O4/c1-24-15-7-3-13(4-8-15)17-11-18(21(20-17)12-19(22)23)14-5-9-16(25-2)10-6-14/h3-11H,12H2,1-2H3,(H,22,23). The predicted molar refractivity (Wildman–Crippen MR) is 93.8 cm³/mol. The molecule has 2 aromatic carbocycles. The van der Waals surface area contributed by atoms with Crippen LogP contribution in [0.2, 0.25) is 0 Å². The second-order valence-electron chi connectivity index (χ2n) is 5.42. The van der Waals surface area contributed by atoms with Crippen molar-refractivity contribution in [3.05, 3.63) is 54.6 Å². The van der Waals surface area contributed by atoms with Gasteiger partial charge in [-0.25, -0.2) is 0 Å². The van der Waals surface area contributed by atoms with Crippen LogP contribution < -0.4 is 9.47 Å². The molecule has 0 amide bonds. The van der Waals surface area contributed by atoms with Gasteiger partial charge in [-0.15, -0.1) is 0 Å². The maximum Gasteiger partial charge on any atom is 0.325 e. The molecule has 6 heteroatoms. The first-order valence-electron chi connectivity index (χ1n) is 7.69. The monoisotopic (exact) mass is 338 g/mol. The smallest absolute Gasteiger partial charge is 0.325 e. The van der Waals surface area contributed by atoms with E-state index < -0.39 is 5.97 Å². The quantitative estimate of drug-likeness (QED) is 0.746. The number of nitrogens with zero attached hydrogens (tertiary/aromatic N) is 2. The molecule has 1 N–H and O–H groups in total. The van der Waals surface area contributed by atoms with Gasteiger partial charge in [-0.1, -0.05) is 0 Å². The number of aromatic nitrogens is 2. The predicted octanol–water partition coefficient (Wildman–Crippen LogP) is 3.32. The van der Waals surface area contributed by atoms with Crippen molar-refractivity contribution < 1.29 is 19.4 Å². The first kappa shape index (κ1) is 16.6. The molecule has 0 aliphatic rings. The van der Waals surface area contributed by atoms with E-state index >= 15 is 0 Å². The molecular weight excluding hydrogens is 320 g/mol. The Kier molecular flexibility index (Phi) is 4.70. The van der Waals surface area contributed by atoms with Gasteiger partial charge in [-0.05, 0) is 54.6 Å². The zero-order chi connectivity index (χ0) is 17.8. The van der Waals surface area contributed by atoms with Gasteiger partial charge in [0.2, 0.25) is 0 Å². The summed E-state index contributed by atoms with van der Waals surface area (Å²) in [6.07, 6.45) is 0. The van der Waals surface area contributed by atoms with Crippen LogP contribution in [-0.4, -0.2) is 35.1 Å². The Morgan fingerprint density at radius 1 is 0.960 bits per heavy atom. The van der Waals surface area contributed by atoms with E-state index in [1.807, 2.05) is 54.6 Å². The number of benzene rings is 2. The van der Waals surface area contributed by atoms with Crippen LogP contribution in [0.15, 0.2) is 54.6 Å². The highest BCUT2D eigenvalue weighted by Crippen LogP contribution is 2.28. The lowest BCUT2D eigenvalue weighted by atomic mass is 10.1. The van der Waals surface area contributed by atoms with Crippen LogP contribution in [0.3, 0.4) is 0 Å². The third kappa shape index (κ3) is 3.63. The molecule has 1 aromatic heterocycles. The lowest BCUT2D eigenvalue weighted by Gasteiger charge is -2.06. The van der Waals surface area contributed by atoms with Crippen molar-refractivity contribution in [2.45, 2.75) is 6.54 Å². The molecule has 128 valence electrons. The first-order chi connectivity index (χ1) is 12.1. The summed E-state index contributed by atoms with van der Waals surface area (Å²) in [5.41, 5.74) is 3.19. The average Bonchev–Trinajstić information content (AvgIpc) is 3.05. The molecule has 1 heterocycles. The summed E-state index contributed by atoms with van der Waals surface area (Å²) in [5.74, 6) is 0.548. The van der Waals surface area contributed by atoms with E-state index in [9.17, 15) is 9.90 Å². The van der Waals surface area contributed by atoms with E-state index in [4.69, 9.17) is 9.47 Å². The van der Waals surface area contributed by atoms with Gasteiger partial charge in [0, 0.05) is 11.1 Å². The number of hydrogen-bond acceptors (Lipinski definition) is 4. The van der Waals surface area contributed by atoms with Crippen LogP contribution in [0, 0.1) is 0 Å². The fourth-order valence-electron chi connectivity index (χ4n) is 2.56. The average molecular weight is 338 g/mol. The fourth-order valence-corrected chi connectivity index (χ4v) is 2.56. The molecule has 0 atom stereocenters. The van der Waals surface area contributed by atoms with Crippen molar-refractivity contribution in [2.24, 2.45) is 0 Å². The summed E-state index contributed by atoms with van der Waals surface area (Å²) < 4.78 is 11.8. The number of rotatable bonds is 6. The number of aliphatic carboxylic acids is 1. The summed E-state index contributed by atoms with van der Waals surface area (Å²) in [5, 5.41) is 13.6. The van der Waals surface area contributed by atoms with Gasteiger partial charge in [0.15, 0.2) is 0 Å². The molecule has 0 saturated carbocycles. The van der Waals surface area contributed by atoms with Crippen molar-refractivity contribution in [3.8, 4) is 34.0 Å². The Hall–Kier alpha value is -3.28. The summed E-state index contributed by atoms with van der Waals surface area (Å²) in [7, 11) is 3.21. The maximum atomic E-state index is 11.2. The van der Waals surface area contributed by atoms with E-state index in [-0.39, 0.29) is 6.54 Å². The maximum absolute atomic E-state index is 11.2. The summed E-state index contributed by atoms with van der Waals surface area (Å²) >= 11 is 0. The van der Waals surface area contributed by atoms with Crippen molar-refractivity contribution in [1.82, 2.24) is 9.78 Å². The summed E-state index contributed by atoms with van der Waals surface area (Å²) in [6, 6.07) is 16.8. The highest BCUT2D eigenvalue weighted by molar-refractivity contribution is 5.72. The third-order valence-electron chi connectivity index (χ3n) is 3.84. The molecule has 0 unspecified atom stereocenters. The fraction of sp³-hybridized carbons (Fsp3) is 0.158. The Morgan fingerprint density at radius 2 is 1.48 bits per heavy atom. The largest absolute Gasteiger partial charge is 0.497 e. The number of carboxylic acids is 1. The van der Waals surface area contributed by atoms with Crippen LogP contribution in [0.4, 0.5) is 0 Å². The van der Waals surface area contributed by atoms with E-state index in [0.717, 1.165) is 28.3 Å². The van der Waals surface area contributed by atoms with Crippen molar-refractivity contribution in [3.63, 3.8) is 0 Å². The highest BCUT2D eigenvalue weighted by atomic mass is 16.5. The highest BCUT2D eigenvalue weighted by Gasteiger charge is 2.14. The van der Waals surface area contributed by atoms with Crippen LogP contribution in [0.1, 0.15) is 0 Å². The molecule has 25 heavy (non-hydrogen) atoms. The number of carboxylic acid groups (broad SMARTS) is 1. The van der Waals surface area contributed by atoms with Crippen LogP contribution in [0.25, 0.3) is 22.5 Å². The van der Waals surface area contributed by atoms with E-state index in [1.54, 1.807) is 14.2 Å². The minimum absolute atomic E-state index is 0.211. The van der Waals surface area contributed by atoms with Gasteiger partial charge in [0.25, 0.3) is 0 Å². The minimum Gasteiger partial charge on any atom is -0.497 e. The van der Waals surface area contributed by atoms with Gasteiger partial charge in [-0.2, -0.15) is 5.10 Å². The first-order valence-corrected chi connectivity index (χ1v) is 7.69. The minimum atomic E-state index is -0.945. The van der Waals surface area contributed by atoms with Crippen molar-refractivity contribution in [2.75, 3.05) is 14.2 Å². The zero-order valence-corrected chi connectivity index (χ0v) is 14.0. The van der Waals surface area contributed by atoms with Crippen LogP contribution >= 0.6 is 0 Å². The molecule has 0 spiro atoms. The van der Waals surface area contributed by atoms with E-state index in [1.165, 1.54) is 4.68 Å². The SMILES string of the molecule is COc1ccc(-c2cc(-c3ccc(OC)cc3)n(CC(=O)O)n2)cc1. The number of methoxy groups -OCH3 is 2. The lowest BCUT2D eigenvalue weighted by molar-refractivity contribution is -0.137. The molecule has 3 rings (SSSR count). The normalized spacial score (nSPS) is 10.5. The summed E-state index contributed by atoms with van der Waals surface area (Å²) in [4.78, 5) is 11.2. The Bertz CT molecular complexity index is 867. The number of hydrogen-bond donors (Lipinski definition) is 1. The molecule has 0 saturated heterocycles. The molecule has 0 fully saturated rings. The molecule has 6 nitrogen and oxygen atoms in total. The Labute approximate surface area is 145 Å². The number of ether oxygens (including phenoxy) is 2. The van der Waals surface area contributed by atoms with Gasteiger partial charge >= 0.3 is 5.97 Å². The van der Waals surface area contributed by atoms with Gasteiger partial charge in [0.1, 0.15) is 18.0 Å². The third-order valence-corrected chi connectivity index (χ3v) is 3.84. The second kappa shape index (κ2) is 7.09. The van der Waals surface area contributed by atoms with Crippen molar-refractivity contribution in [1.29, 1.82) is 0 Å². The van der Waals surface area contributed by atoms with Crippen LogP contribution in [0.5, 0.6) is 11.5 Å². The van der Waals surface area contributed by atoms with Gasteiger partial charge in [-0.3, -0.25) is 9.48 Å². The Morgan fingerprint density at radius 3 is 1.96 bits per heavy atom.